The van der Waals surface area contributed by atoms with Crippen molar-refractivity contribution in [1.29, 1.82) is 0 Å². The average molecular weight is 245 g/mol. The lowest BCUT2D eigenvalue weighted by atomic mass is 9.89. The van der Waals surface area contributed by atoms with Crippen molar-refractivity contribution in [1.82, 2.24) is 4.90 Å². The fourth-order valence-corrected chi connectivity index (χ4v) is 3.16. The van der Waals surface area contributed by atoms with E-state index in [0.717, 1.165) is 6.54 Å². The number of hydrogen-bond acceptors (Lipinski definition) is 1. The molecule has 1 aromatic rings. The summed E-state index contributed by atoms with van der Waals surface area (Å²) in [6.45, 7) is 15.1. The van der Waals surface area contributed by atoms with Gasteiger partial charge in [-0.2, -0.15) is 0 Å². The number of rotatable bonds is 2. The highest BCUT2D eigenvalue weighted by molar-refractivity contribution is 5.49. The highest BCUT2D eigenvalue weighted by Gasteiger charge is 2.16. The van der Waals surface area contributed by atoms with Crippen LogP contribution in [0.4, 0.5) is 0 Å². The van der Waals surface area contributed by atoms with Crippen LogP contribution in [0.5, 0.6) is 0 Å². The van der Waals surface area contributed by atoms with Crippen LogP contribution >= 0.6 is 0 Å². The standard InChI is InChI=1S/C17H27N/c1-12-13(2)15(4)17(16(5)14(12)3)11-18-9-7-6-8-10-18/h6-11H2,1-5H3. The zero-order valence-electron chi connectivity index (χ0n) is 12.7. The lowest BCUT2D eigenvalue weighted by molar-refractivity contribution is 0.220. The number of likely N-dealkylation sites (tertiary alicyclic amines) is 1. The lowest BCUT2D eigenvalue weighted by Gasteiger charge is -2.29. The Morgan fingerprint density at radius 1 is 0.667 bits per heavy atom. The van der Waals surface area contributed by atoms with Gasteiger partial charge >= 0.3 is 0 Å². The second-order valence-electron chi connectivity index (χ2n) is 5.94. The van der Waals surface area contributed by atoms with Crippen LogP contribution in [0.25, 0.3) is 0 Å². The van der Waals surface area contributed by atoms with Crippen molar-refractivity contribution in [3.8, 4) is 0 Å². The molecule has 18 heavy (non-hydrogen) atoms. The Morgan fingerprint density at radius 2 is 1.11 bits per heavy atom. The van der Waals surface area contributed by atoms with Crippen LogP contribution in [0.3, 0.4) is 0 Å². The van der Waals surface area contributed by atoms with Crippen molar-refractivity contribution < 1.29 is 0 Å². The molecule has 0 atom stereocenters. The summed E-state index contributed by atoms with van der Waals surface area (Å²) in [5.41, 5.74) is 9.07. The topological polar surface area (TPSA) is 3.24 Å². The van der Waals surface area contributed by atoms with Gasteiger partial charge < -0.3 is 0 Å². The minimum Gasteiger partial charge on any atom is -0.299 e. The van der Waals surface area contributed by atoms with Crippen LogP contribution in [-0.2, 0) is 6.54 Å². The minimum atomic E-state index is 1.15. The van der Waals surface area contributed by atoms with Crippen LogP contribution in [0.1, 0.15) is 52.6 Å². The van der Waals surface area contributed by atoms with Gasteiger partial charge in [-0.05, 0) is 93.9 Å². The van der Waals surface area contributed by atoms with E-state index in [-0.39, 0.29) is 0 Å². The summed E-state index contributed by atoms with van der Waals surface area (Å²) < 4.78 is 0. The van der Waals surface area contributed by atoms with E-state index < -0.39 is 0 Å². The quantitative estimate of drug-likeness (QED) is 0.754. The van der Waals surface area contributed by atoms with E-state index in [1.54, 1.807) is 5.56 Å². The van der Waals surface area contributed by atoms with Gasteiger partial charge in [0.25, 0.3) is 0 Å². The molecule has 0 spiro atoms. The molecular formula is C17H27N. The van der Waals surface area contributed by atoms with E-state index >= 15 is 0 Å². The van der Waals surface area contributed by atoms with Gasteiger partial charge in [-0.25, -0.2) is 0 Å². The molecule has 1 saturated heterocycles. The molecule has 0 bridgehead atoms. The van der Waals surface area contributed by atoms with E-state index in [1.807, 2.05) is 0 Å². The summed E-state index contributed by atoms with van der Waals surface area (Å²) >= 11 is 0. The van der Waals surface area contributed by atoms with Gasteiger partial charge in [0.15, 0.2) is 0 Å². The van der Waals surface area contributed by atoms with Crippen molar-refractivity contribution in [2.45, 2.75) is 60.4 Å². The SMILES string of the molecule is Cc1c(C)c(C)c(CN2CCCCC2)c(C)c1C. The van der Waals surface area contributed by atoms with E-state index in [9.17, 15) is 0 Å². The summed E-state index contributed by atoms with van der Waals surface area (Å²) in [6.07, 6.45) is 4.17. The number of benzene rings is 1. The molecule has 1 fully saturated rings. The summed E-state index contributed by atoms with van der Waals surface area (Å²) in [7, 11) is 0. The van der Waals surface area contributed by atoms with Gasteiger partial charge in [-0.3, -0.25) is 4.90 Å². The number of hydrogen-bond donors (Lipinski definition) is 0. The Kier molecular flexibility index (Phi) is 4.11. The first-order valence-electron chi connectivity index (χ1n) is 7.30. The molecule has 100 valence electrons. The zero-order chi connectivity index (χ0) is 13.3. The molecule has 1 heteroatoms. The highest BCUT2D eigenvalue weighted by Crippen LogP contribution is 2.27. The van der Waals surface area contributed by atoms with Crippen LogP contribution in [0.15, 0.2) is 0 Å². The largest absolute Gasteiger partial charge is 0.299 e. The minimum absolute atomic E-state index is 1.15. The van der Waals surface area contributed by atoms with Gasteiger partial charge in [0.1, 0.15) is 0 Å². The van der Waals surface area contributed by atoms with Gasteiger partial charge in [0.05, 0.1) is 0 Å². The van der Waals surface area contributed by atoms with Crippen molar-refractivity contribution >= 4 is 0 Å². The average Bonchev–Trinajstić information content (AvgIpc) is 2.40. The third kappa shape index (κ3) is 2.47. The fourth-order valence-electron chi connectivity index (χ4n) is 3.16. The molecule has 1 nitrogen and oxygen atoms in total. The van der Waals surface area contributed by atoms with E-state index in [0.29, 0.717) is 0 Å². The van der Waals surface area contributed by atoms with Gasteiger partial charge in [-0.15, -0.1) is 0 Å². The Balaban J connectivity index is 2.32. The Hall–Kier alpha value is -0.820. The molecule has 0 unspecified atom stereocenters. The summed E-state index contributed by atoms with van der Waals surface area (Å²) in [4.78, 5) is 2.63. The van der Waals surface area contributed by atoms with Crippen LogP contribution < -0.4 is 0 Å². The van der Waals surface area contributed by atoms with E-state index in [2.05, 4.69) is 39.5 Å². The monoisotopic (exact) mass is 245 g/mol. The lowest BCUT2D eigenvalue weighted by Crippen LogP contribution is -2.30. The molecule has 0 amide bonds. The molecular weight excluding hydrogens is 218 g/mol. The van der Waals surface area contributed by atoms with Gasteiger partial charge in [0, 0.05) is 6.54 Å². The Bertz CT molecular complexity index is 410. The second kappa shape index (κ2) is 5.44. The van der Waals surface area contributed by atoms with Crippen molar-refractivity contribution in [2.75, 3.05) is 13.1 Å². The van der Waals surface area contributed by atoms with Crippen molar-refractivity contribution in [2.24, 2.45) is 0 Å². The second-order valence-corrected chi connectivity index (χ2v) is 5.94. The van der Waals surface area contributed by atoms with Crippen LogP contribution in [0, 0.1) is 34.6 Å². The first-order valence-corrected chi connectivity index (χ1v) is 7.30. The van der Waals surface area contributed by atoms with Crippen molar-refractivity contribution in [3.05, 3.63) is 33.4 Å². The summed E-state index contributed by atoms with van der Waals surface area (Å²) in [5, 5.41) is 0. The smallest absolute Gasteiger partial charge is 0.0239 e. The molecule has 1 heterocycles. The molecule has 1 aliphatic heterocycles. The molecule has 0 aliphatic carbocycles. The summed E-state index contributed by atoms with van der Waals surface area (Å²) in [5.74, 6) is 0. The Morgan fingerprint density at radius 3 is 1.61 bits per heavy atom. The van der Waals surface area contributed by atoms with Gasteiger partial charge in [-0.1, -0.05) is 6.42 Å². The Labute approximate surface area is 112 Å². The third-order valence-electron chi connectivity index (χ3n) is 4.99. The maximum atomic E-state index is 2.63. The predicted molar refractivity (Wildman–Crippen MR) is 79.3 cm³/mol. The molecule has 1 aliphatic rings. The maximum absolute atomic E-state index is 2.63. The first-order chi connectivity index (χ1) is 8.52. The molecule has 0 aromatic heterocycles. The predicted octanol–water partition coefficient (Wildman–Crippen LogP) is 4.21. The van der Waals surface area contributed by atoms with E-state index in [4.69, 9.17) is 0 Å². The highest BCUT2D eigenvalue weighted by atomic mass is 15.1. The molecule has 0 saturated carbocycles. The molecule has 0 N–H and O–H groups in total. The van der Waals surface area contributed by atoms with E-state index in [1.165, 1.54) is 60.2 Å². The molecule has 2 rings (SSSR count). The molecule has 0 radical (unpaired) electrons. The zero-order valence-corrected chi connectivity index (χ0v) is 12.7. The number of piperidine rings is 1. The van der Waals surface area contributed by atoms with Crippen molar-refractivity contribution in [3.63, 3.8) is 0 Å². The van der Waals surface area contributed by atoms with Gasteiger partial charge in [0.2, 0.25) is 0 Å². The fraction of sp³-hybridized carbons (Fsp3) is 0.647. The number of nitrogens with zero attached hydrogens (tertiary/aromatic N) is 1. The summed E-state index contributed by atoms with van der Waals surface area (Å²) in [6, 6.07) is 0. The van der Waals surface area contributed by atoms with Crippen LogP contribution in [0.2, 0.25) is 0 Å². The van der Waals surface area contributed by atoms with Crippen LogP contribution in [-0.4, -0.2) is 18.0 Å². The maximum Gasteiger partial charge on any atom is 0.0239 e. The first kappa shape index (κ1) is 13.6. The third-order valence-corrected chi connectivity index (χ3v) is 4.99. The normalized spacial score (nSPS) is 17.2. The molecule has 1 aromatic carbocycles.